The molecule has 0 saturated carbocycles. The van der Waals surface area contributed by atoms with Crippen molar-refractivity contribution in [1.82, 2.24) is 0 Å². The van der Waals surface area contributed by atoms with Gasteiger partial charge in [-0.25, -0.2) is 0 Å². The predicted octanol–water partition coefficient (Wildman–Crippen LogP) is 3.45. The van der Waals surface area contributed by atoms with Crippen LogP contribution in [0.2, 0.25) is 5.02 Å². The maximum absolute atomic E-state index is 5.76. The van der Waals surface area contributed by atoms with Gasteiger partial charge in [-0.1, -0.05) is 23.7 Å². The highest BCUT2D eigenvalue weighted by Gasteiger charge is 1.92. The number of hydrogen-bond donors (Lipinski definition) is 0. The molecule has 0 aliphatic carbocycles. The number of benzene rings is 1. The number of thioether (sulfide) groups is 1. The third-order valence-corrected chi connectivity index (χ3v) is 2.63. The molecule has 0 unspecified atom stereocenters. The molecule has 0 aromatic heterocycles. The second kappa shape index (κ2) is 5.50. The van der Waals surface area contributed by atoms with Crippen LogP contribution in [0, 0.1) is 6.92 Å². The minimum atomic E-state index is 0.809. The molecule has 1 rings (SSSR count). The second-order valence-corrected chi connectivity index (χ2v) is 4.15. The van der Waals surface area contributed by atoms with E-state index in [-0.39, 0.29) is 0 Å². The van der Waals surface area contributed by atoms with Crippen molar-refractivity contribution >= 4 is 23.4 Å². The molecule has 0 aliphatic heterocycles. The fraction of sp³-hybridized carbons (Fsp3) is 0.300. The van der Waals surface area contributed by atoms with E-state index in [1.807, 2.05) is 23.9 Å². The lowest BCUT2D eigenvalue weighted by atomic mass is 10.2. The lowest BCUT2D eigenvalue weighted by Crippen LogP contribution is -1.87. The minimum absolute atomic E-state index is 0.809. The van der Waals surface area contributed by atoms with Crippen molar-refractivity contribution in [3.63, 3.8) is 0 Å². The Morgan fingerprint density at radius 2 is 1.92 bits per heavy atom. The molecule has 0 saturated heterocycles. The lowest BCUT2D eigenvalue weighted by molar-refractivity contribution is 1.16. The number of rotatable bonds is 4. The average Bonchev–Trinajstić information content (AvgIpc) is 2.09. The normalized spacial score (nSPS) is 10.2. The van der Waals surface area contributed by atoms with Gasteiger partial charge >= 0.3 is 0 Å². The molecule has 0 atom stereocenters. The monoisotopic (exact) mass is 199 g/mol. The Morgan fingerprint density at radius 3 is 2.50 bits per heavy atom. The first-order valence-corrected chi connectivity index (χ1v) is 5.47. The summed E-state index contributed by atoms with van der Waals surface area (Å²) < 4.78 is 0. The van der Waals surface area contributed by atoms with Crippen molar-refractivity contribution in [2.24, 2.45) is 0 Å². The van der Waals surface area contributed by atoms with E-state index < -0.39 is 0 Å². The minimum Gasteiger partial charge on any atom is -0.162 e. The van der Waals surface area contributed by atoms with Gasteiger partial charge in [0.2, 0.25) is 0 Å². The SMILES string of the molecule is [CH2]CSCCc1ccc(Cl)cc1. The van der Waals surface area contributed by atoms with E-state index in [4.69, 9.17) is 11.6 Å². The number of halogens is 1. The van der Waals surface area contributed by atoms with E-state index in [0.29, 0.717) is 0 Å². The lowest BCUT2D eigenvalue weighted by Gasteiger charge is -1.99. The standard InChI is InChI=1S/C10H12ClS/c1-2-12-8-7-9-3-5-10(11)6-4-9/h3-6H,1-2,7-8H2. The van der Waals surface area contributed by atoms with Crippen molar-refractivity contribution in [2.75, 3.05) is 11.5 Å². The van der Waals surface area contributed by atoms with Gasteiger partial charge in [0.05, 0.1) is 0 Å². The van der Waals surface area contributed by atoms with Crippen molar-refractivity contribution in [3.05, 3.63) is 41.8 Å². The molecule has 0 heterocycles. The van der Waals surface area contributed by atoms with Crippen LogP contribution in [0.5, 0.6) is 0 Å². The maximum atomic E-state index is 5.76. The molecular weight excluding hydrogens is 188 g/mol. The molecule has 0 aliphatic rings. The molecule has 1 aromatic carbocycles. The van der Waals surface area contributed by atoms with Gasteiger partial charge in [-0.05, 0) is 42.5 Å². The zero-order valence-corrected chi connectivity index (χ0v) is 8.50. The molecule has 0 fully saturated rings. The molecule has 1 radical (unpaired) electrons. The second-order valence-electron chi connectivity index (χ2n) is 2.49. The van der Waals surface area contributed by atoms with Crippen LogP contribution in [0.4, 0.5) is 0 Å². The molecule has 0 nitrogen and oxygen atoms in total. The maximum Gasteiger partial charge on any atom is 0.0406 e. The van der Waals surface area contributed by atoms with E-state index in [1.165, 1.54) is 5.56 Å². The highest BCUT2D eigenvalue weighted by atomic mass is 35.5. The van der Waals surface area contributed by atoms with Gasteiger partial charge in [0.1, 0.15) is 0 Å². The van der Waals surface area contributed by atoms with Gasteiger partial charge in [-0.2, -0.15) is 11.8 Å². The molecule has 0 spiro atoms. The summed E-state index contributed by atoms with van der Waals surface area (Å²) in [5.41, 5.74) is 1.35. The number of aryl methyl sites for hydroxylation is 1. The molecule has 65 valence electrons. The molecule has 0 N–H and O–H groups in total. The first-order valence-electron chi connectivity index (χ1n) is 3.94. The summed E-state index contributed by atoms with van der Waals surface area (Å²) in [6, 6.07) is 8.02. The molecular formula is C10H12ClS. The predicted molar refractivity (Wildman–Crippen MR) is 57.8 cm³/mol. The summed E-state index contributed by atoms with van der Waals surface area (Å²) in [5, 5.41) is 0.809. The van der Waals surface area contributed by atoms with Crippen LogP contribution < -0.4 is 0 Å². The molecule has 1 aromatic rings. The first-order chi connectivity index (χ1) is 5.83. The van der Waals surface area contributed by atoms with Gasteiger partial charge in [-0.3, -0.25) is 0 Å². The van der Waals surface area contributed by atoms with Crippen LogP contribution in [0.3, 0.4) is 0 Å². The zero-order chi connectivity index (χ0) is 8.81. The summed E-state index contributed by atoms with van der Waals surface area (Å²) in [6.07, 6.45) is 1.11. The first kappa shape index (κ1) is 9.94. The highest BCUT2D eigenvalue weighted by molar-refractivity contribution is 7.99. The fourth-order valence-electron chi connectivity index (χ4n) is 0.943. The Bertz CT molecular complexity index is 218. The van der Waals surface area contributed by atoms with Crippen molar-refractivity contribution in [3.8, 4) is 0 Å². The van der Waals surface area contributed by atoms with Crippen molar-refractivity contribution in [1.29, 1.82) is 0 Å². The van der Waals surface area contributed by atoms with Gasteiger partial charge in [0.25, 0.3) is 0 Å². The molecule has 12 heavy (non-hydrogen) atoms. The summed E-state index contributed by atoms with van der Waals surface area (Å²) in [4.78, 5) is 0. The Morgan fingerprint density at radius 1 is 1.25 bits per heavy atom. The van der Waals surface area contributed by atoms with Gasteiger partial charge in [0.15, 0.2) is 0 Å². The van der Waals surface area contributed by atoms with E-state index in [9.17, 15) is 0 Å². The molecule has 0 bridgehead atoms. The molecule has 2 heteroatoms. The summed E-state index contributed by atoms with van der Waals surface area (Å²) in [7, 11) is 0. The quantitative estimate of drug-likeness (QED) is 0.670. The Hall–Kier alpha value is -0.140. The van der Waals surface area contributed by atoms with Crippen LogP contribution in [0.15, 0.2) is 24.3 Å². The third kappa shape index (κ3) is 3.51. The Labute approximate surface area is 83.3 Å². The summed E-state index contributed by atoms with van der Waals surface area (Å²) >= 11 is 7.62. The van der Waals surface area contributed by atoms with E-state index in [1.54, 1.807) is 0 Å². The summed E-state index contributed by atoms with van der Waals surface area (Å²) in [5.74, 6) is 2.10. The topological polar surface area (TPSA) is 0 Å². The van der Waals surface area contributed by atoms with Crippen LogP contribution >= 0.6 is 23.4 Å². The van der Waals surface area contributed by atoms with Crippen LogP contribution in [0.25, 0.3) is 0 Å². The third-order valence-electron chi connectivity index (χ3n) is 1.59. The van der Waals surface area contributed by atoms with Gasteiger partial charge < -0.3 is 0 Å². The zero-order valence-electron chi connectivity index (χ0n) is 6.92. The highest BCUT2D eigenvalue weighted by Crippen LogP contribution is 2.11. The van der Waals surface area contributed by atoms with Gasteiger partial charge in [0, 0.05) is 5.02 Å². The molecule has 0 amide bonds. The number of hydrogen-bond acceptors (Lipinski definition) is 1. The summed E-state index contributed by atoms with van der Waals surface area (Å²) in [6.45, 7) is 3.77. The van der Waals surface area contributed by atoms with Crippen LogP contribution in [-0.4, -0.2) is 11.5 Å². The smallest absolute Gasteiger partial charge is 0.0406 e. The van der Waals surface area contributed by atoms with E-state index in [0.717, 1.165) is 22.9 Å². The van der Waals surface area contributed by atoms with Gasteiger partial charge in [-0.15, -0.1) is 0 Å². The fourth-order valence-corrected chi connectivity index (χ4v) is 1.65. The Balaban J connectivity index is 2.37. The van der Waals surface area contributed by atoms with E-state index in [2.05, 4.69) is 19.1 Å². The Kier molecular flexibility index (Phi) is 4.55. The van der Waals surface area contributed by atoms with Crippen LogP contribution in [-0.2, 0) is 6.42 Å². The average molecular weight is 200 g/mol. The van der Waals surface area contributed by atoms with Crippen molar-refractivity contribution in [2.45, 2.75) is 6.42 Å². The van der Waals surface area contributed by atoms with Crippen LogP contribution in [0.1, 0.15) is 5.56 Å². The van der Waals surface area contributed by atoms with Crippen molar-refractivity contribution < 1.29 is 0 Å². The largest absolute Gasteiger partial charge is 0.162 e. The van der Waals surface area contributed by atoms with E-state index >= 15 is 0 Å².